The number of aliphatic hydroxyl groups excluding tert-OH is 1. The van der Waals surface area contributed by atoms with Gasteiger partial charge in [-0.3, -0.25) is 4.79 Å². The zero-order valence-corrected chi connectivity index (χ0v) is 11.9. The van der Waals surface area contributed by atoms with E-state index in [1.54, 1.807) is 0 Å². The SMILES string of the molecule is CC(CCC(=O)O)CNC(=O)N1C2CCC1CC(O)C2. The molecule has 2 rings (SSSR count). The molecule has 0 spiro atoms. The van der Waals surface area contributed by atoms with Crippen molar-refractivity contribution in [3.8, 4) is 0 Å². The Labute approximate surface area is 119 Å². The Morgan fingerprint density at radius 1 is 1.30 bits per heavy atom. The van der Waals surface area contributed by atoms with E-state index in [2.05, 4.69) is 5.32 Å². The molecule has 2 bridgehead atoms. The predicted molar refractivity (Wildman–Crippen MR) is 73.3 cm³/mol. The third kappa shape index (κ3) is 3.62. The monoisotopic (exact) mass is 284 g/mol. The van der Waals surface area contributed by atoms with Crippen LogP contribution in [0.25, 0.3) is 0 Å². The molecule has 114 valence electrons. The van der Waals surface area contributed by atoms with Gasteiger partial charge in [-0.25, -0.2) is 4.79 Å². The number of carbonyl (C=O) groups excluding carboxylic acids is 1. The van der Waals surface area contributed by atoms with E-state index in [0.29, 0.717) is 25.8 Å². The number of carboxylic acids is 1. The zero-order chi connectivity index (χ0) is 14.7. The number of hydrogen-bond acceptors (Lipinski definition) is 3. The number of carbonyl (C=O) groups is 2. The molecule has 0 saturated carbocycles. The van der Waals surface area contributed by atoms with Crippen LogP contribution in [0.3, 0.4) is 0 Å². The van der Waals surface area contributed by atoms with E-state index in [4.69, 9.17) is 5.11 Å². The quantitative estimate of drug-likeness (QED) is 0.707. The number of nitrogens with one attached hydrogen (secondary N) is 1. The van der Waals surface area contributed by atoms with Crippen LogP contribution in [0.4, 0.5) is 4.79 Å². The number of aliphatic hydroxyl groups is 1. The number of urea groups is 1. The van der Waals surface area contributed by atoms with Gasteiger partial charge in [0.05, 0.1) is 6.10 Å². The molecule has 0 radical (unpaired) electrons. The Morgan fingerprint density at radius 3 is 2.45 bits per heavy atom. The molecule has 0 aromatic rings. The number of hydrogen-bond donors (Lipinski definition) is 3. The molecule has 3 atom stereocenters. The minimum atomic E-state index is -0.800. The van der Waals surface area contributed by atoms with E-state index in [1.807, 2.05) is 11.8 Å². The van der Waals surface area contributed by atoms with Gasteiger partial charge in [0.25, 0.3) is 0 Å². The highest BCUT2D eigenvalue weighted by atomic mass is 16.4. The second-order valence-corrected chi connectivity index (χ2v) is 6.14. The zero-order valence-electron chi connectivity index (χ0n) is 11.9. The van der Waals surface area contributed by atoms with Gasteiger partial charge in [-0.05, 0) is 38.0 Å². The minimum Gasteiger partial charge on any atom is -0.481 e. The smallest absolute Gasteiger partial charge is 0.317 e. The summed E-state index contributed by atoms with van der Waals surface area (Å²) in [6.45, 7) is 2.45. The fourth-order valence-electron chi connectivity index (χ4n) is 3.30. The van der Waals surface area contributed by atoms with Crippen LogP contribution in [0.1, 0.15) is 45.4 Å². The normalized spacial score (nSPS) is 30.1. The van der Waals surface area contributed by atoms with Gasteiger partial charge in [-0.1, -0.05) is 6.92 Å². The maximum Gasteiger partial charge on any atom is 0.317 e. The molecule has 6 heteroatoms. The highest BCUT2D eigenvalue weighted by Gasteiger charge is 2.42. The van der Waals surface area contributed by atoms with Crippen molar-refractivity contribution in [1.29, 1.82) is 0 Å². The number of piperidine rings is 1. The standard InChI is InChI=1S/C14H24N2O4/c1-9(2-5-13(18)19)8-15-14(20)16-10-3-4-11(16)7-12(17)6-10/h9-12,17H,2-8H2,1H3,(H,15,20)(H,18,19). The van der Waals surface area contributed by atoms with Crippen LogP contribution in [-0.4, -0.2) is 51.8 Å². The van der Waals surface area contributed by atoms with Gasteiger partial charge in [0.1, 0.15) is 0 Å². The fourth-order valence-corrected chi connectivity index (χ4v) is 3.30. The average Bonchev–Trinajstić information content (AvgIpc) is 2.66. The van der Waals surface area contributed by atoms with E-state index >= 15 is 0 Å². The second kappa shape index (κ2) is 6.43. The lowest BCUT2D eigenvalue weighted by atomic mass is 10.0. The number of nitrogens with zero attached hydrogens (tertiary/aromatic N) is 1. The van der Waals surface area contributed by atoms with E-state index < -0.39 is 5.97 Å². The first-order valence-corrected chi connectivity index (χ1v) is 7.43. The number of fused-ring (bicyclic) bond motifs is 2. The van der Waals surface area contributed by atoms with Crippen molar-refractivity contribution in [2.75, 3.05) is 6.54 Å². The van der Waals surface area contributed by atoms with Crippen LogP contribution >= 0.6 is 0 Å². The molecule has 2 aliphatic heterocycles. The van der Waals surface area contributed by atoms with Gasteiger partial charge in [-0.2, -0.15) is 0 Å². The molecule has 3 unspecified atom stereocenters. The Hall–Kier alpha value is -1.30. The van der Waals surface area contributed by atoms with Crippen LogP contribution in [0.15, 0.2) is 0 Å². The molecule has 2 amide bonds. The van der Waals surface area contributed by atoms with Crippen LogP contribution in [-0.2, 0) is 4.79 Å². The van der Waals surface area contributed by atoms with E-state index in [9.17, 15) is 14.7 Å². The second-order valence-electron chi connectivity index (χ2n) is 6.14. The maximum absolute atomic E-state index is 12.2. The Bertz CT molecular complexity index is 360. The summed E-state index contributed by atoms with van der Waals surface area (Å²) in [5.74, 6) is -0.644. The maximum atomic E-state index is 12.2. The van der Waals surface area contributed by atoms with E-state index in [1.165, 1.54) is 0 Å². The molecular formula is C14H24N2O4. The molecule has 2 aliphatic rings. The first-order valence-electron chi connectivity index (χ1n) is 7.43. The van der Waals surface area contributed by atoms with Gasteiger partial charge in [-0.15, -0.1) is 0 Å². The summed E-state index contributed by atoms with van der Waals surface area (Å²) in [5.41, 5.74) is 0. The summed E-state index contributed by atoms with van der Waals surface area (Å²) in [6, 6.07) is 0.266. The van der Waals surface area contributed by atoms with Crippen LogP contribution in [0.2, 0.25) is 0 Å². The summed E-state index contributed by atoms with van der Waals surface area (Å²) in [7, 11) is 0. The largest absolute Gasteiger partial charge is 0.481 e. The highest BCUT2D eigenvalue weighted by molar-refractivity contribution is 5.75. The van der Waals surface area contributed by atoms with Gasteiger partial charge in [0.15, 0.2) is 0 Å². The van der Waals surface area contributed by atoms with Crippen molar-refractivity contribution in [3.05, 3.63) is 0 Å². The summed E-state index contributed by atoms with van der Waals surface area (Å²) >= 11 is 0. The van der Waals surface area contributed by atoms with Crippen molar-refractivity contribution in [3.63, 3.8) is 0 Å². The lowest BCUT2D eigenvalue weighted by Crippen LogP contribution is -2.52. The average molecular weight is 284 g/mol. The minimum absolute atomic E-state index is 0.0634. The van der Waals surface area contributed by atoms with Crippen molar-refractivity contribution in [2.45, 2.75) is 63.6 Å². The predicted octanol–water partition coefficient (Wildman–Crippen LogP) is 1.18. The molecule has 0 aliphatic carbocycles. The van der Waals surface area contributed by atoms with E-state index in [0.717, 1.165) is 12.8 Å². The number of amides is 2. The topological polar surface area (TPSA) is 89.9 Å². The molecule has 2 saturated heterocycles. The lowest BCUT2D eigenvalue weighted by molar-refractivity contribution is -0.137. The molecular weight excluding hydrogens is 260 g/mol. The van der Waals surface area contributed by atoms with Crippen molar-refractivity contribution in [1.82, 2.24) is 10.2 Å². The highest BCUT2D eigenvalue weighted by Crippen LogP contribution is 2.35. The first kappa shape index (κ1) is 15.1. The van der Waals surface area contributed by atoms with Crippen LogP contribution in [0.5, 0.6) is 0 Å². The fraction of sp³-hybridized carbons (Fsp3) is 0.857. The molecule has 3 N–H and O–H groups in total. The Morgan fingerprint density at radius 2 is 1.90 bits per heavy atom. The summed E-state index contributed by atoms with van der Waals surface area (Å²) in [6.07, 6.45) is 3.75. The molecule has 6 nitrogen and oxygen atoms in total. The van der Waals surface area contributed by atoms with Gasteiger partial charge < -0.3 is 20.4 Å². The first-order chi connectivity index (χ1) is 9.47. The summed E-state index contributed by atoms with van der Waals surface area (Å²) < 4.78 is 0. The van der Waals surface area contributed by atoms with Crippen molar-refractivity contribution in [2.24, 2.45) is 5.92 Å². The number of aliphatic carboxylic acids is 1. The third-order valence-corrected chi connectivity index (χ3v) is 4.40. The molecule has 2 heterocycles. The molecule has 0 aromatic heterocycles. The van der Waals surface area contributed by atoms with Crippen LogP contribution < -0.4 is 5.32 Å². The molecule has 2 fully saturated rings. The summed E-state index contributed by atoms with van der Waals surface area (Å²) in [5, 5.41) is 21.2. The Kier molecular flexibility index (Phi) is 4.86. The van der Waals surface area contributed by atoms with Gasteiger partial charge >= 0.3 is 12.0 Å². The number of rotatable bonds is 5. The lowest BCUT2D eigenvalue weighted by Gasteiger charge is -2.37. The van der Waals surface area contributed by atoms with Crippen molar-refractivity contribution < 1.29 is 19.8 Å². The van der Waals surface area contributed by atoms with E-state index in [-0.39, 0.29) is 36.6 Å². The van der Waals surface area contributed by atoms with Crippen LogP contribution in [0, 0.1) is 5.92 Å². The molecule has 20 heavy (non-hydrogen) atoms. The Balaban J connectivity index is 1.76. The summed E-state index contributed by atoms with van der Waals surface area (Å²) in [4.78, 5) is 24.6. The number of carboxylic acid groups (broad SMARTS) is 1. The van der Waals surface area contributed by atoms with Crippen molar-refractivity contribution >= 4 is 12.0 Å². The van der Waals surface area contributed by atoms with Gasteiger partial charge in [0, 0.05) is 25.0 Å². The third-order valence-electron chi connectivity index (χ3n) is 4.40. The van der Waals surface area contributed by atoms with Gasteiger partial charge in [0.2, 0.25) is 0 Å². The molecule has 0 aromatic carbocycles.